The molecule has 5 nitrogen and oxygen atoms in total. The van der Waals surface area contributed by atoms with Gasteiger partial charge in [0.25, 0.3) is 0 Å². The van der Waals surface area contributed by atoms with E-state index in [2.05, 4.69) is 4.99 Å². The van der Waals surface area contributed by atoms with E-state index in [-0.39, 0.29) is 5.75 Å². The maximum Gasteiger partial charge on any atom is 0.243 e. The molecule has 1 aliphatic rings. The molecule has 0 radical (unpaired) electrons. The third kappa shape index (κ3) is 3.83. The molecule has 6 heteroatoms. The molecule has 1 fully saturated rings. The summed E-state index contributed by atoms with van der Waals surface area (Å²) in [6, 6.07) is 13.3. The van der Waals surface area contributed by atoms with Crippen molar-refractivity contribution in [2.75, 3.05) is 13.1 Å². The fourth-order valence-corrected chi connectivity index (χ4v) is 4.19. The molecular formula is C18H20N2O3S. The lowest BCUT2D eigenvalue weighted by Gasteiger charge is -2.25. The molecule has 0 amide bonds. The summed E-state index contributed by atoms with van der Waals surface area (Å²) in [5.74, 6) is 0.208. The van der Waals surface area contributed by atoms with Gasteiger partial charge in [0.1, 0.15) is 5.75 Å². The van der Waals surface area contributed by atoms with Crippen LogP contribution in [0.5, 0.6) is 5.75 Å². The predicted octanol–water partition coefficient (Wildman–Crippen LogP) is 3.32. The highest BCUT2D eigenvalue weighted by molar-refractivity contribution is 7.89. The molecule has 0 atom stereocenters. The van der Waals surface area contributed by atoms with Crippen LogP contribution in [0.15, 0.2) is 58.4 Å². The van der Waals surface area contributed by atoms with Gasteiger partial charge in [0.05, 0.1) is 10.6 Å². The molecule has 24 heavy (non-hydrogen) atoms. The first-order valence-electron chi connectivity index (χ1n) is 7.99. The van der Waals surface area contributed by atoms with Crippen LogP contribution in [-0.2, 0) is 10.0 Å². The Hall–Kier alpha value is -2.18. The van der Waals surface area contributed by atoms with E-state index in [1.165, 1.54) is 0 Å². The van der Waals surface area contributed by atoms with Crippen LogP contribution in [0.1, 0.15) is 24.8 Å². The van der Waals surface area contributed by atoms with Gasteiger partial charge in [0, 0.05) is 19.3 Å². The molecule has 0 aromatic heterocycles. The van der Waals surface area contributed by atoms with Crippen LogP contribution in [0.4, 0.5) is 5.69 Å². The standard InChI is InChI=1S/C18H20N2O3S/c21-17-8-4-15(5-9-17)14-19-16-6-10-18(11-7-16)24(22,23)20-12-2-1-3-13-20/h4-11,14,21H,1-3,12-13H2. The van der Waals surface area contributed by atoms with Crippen LogP contribution in [0, 0.1) is 0 Å². The summed E-state index contributed by atoms with van der Waals surface area (Å²) in [4.78, 5) is 4.64. The second-order valence-electron chi connectivity index (χ2n) is 5.81. The molecular weight excluding hydrogens is 324 g/mol. The highest BCUT2D eigenvalue weighted by Crippen LogP contribution is 2.23. The molecule has 1 saturated heterocycles. The molecule has 2 aromatic carbocycles. The van der Waals surface area contributed by atoms with Gasteiger partial charge >= 0.3 is 0 Å². The van der Waals surface area contributed by atoms with Crippen LogP contribution in [-0.4, -0.2) is 37.1 Å². The first-order chi connectivity index (χ1) is 11.6. The van der Waals surface area contributed by atoms with Gasteiger partial charge in [-0.2, -0.15) is 4.31 Å². The Morgan fingerprint density at radius 1 is 0.917 bits per heavy atom. The zero-order chi connectivity index (χ0) is 17.0. The van der Waals surface area contributed by atoms with Gasteiger partial charge < -0.3 is 5.11 Å². The average Bonchev–Trinajstić information content (AvgIpc) is 2.62. The molecule has 2 aromatic rings. The largest absolute Gasteiger partial charge is 0.508 e. The molecule has 0 spiro atoms. The fraction of sp³-hybridized carbons (Fsp3) is 0.278. The number of benzene rings is 2. The monoisotopic (exact) mass is 344 g/mol. The van der Waals surface area contributed by atoms with Gasteiger partial charge in [-0.3, -0.25) is 4.99 Å². The van der Waals surface area contributed by atoms with E-state index in [4.69, 9.17) is 0 Å². The van der Waals surface area contributed by atoms with E-state index in [1.54, 1.807) is 59.1 Å². The van der Waals surface area contributed by atoms with Crippen LogP contribution >= 0.6 is 0 Å². The Balaban J connectivity index is 1.74. The Morgan fingerprint density at radius 3 is 2.17 bits per heavy atom. The molecule has 126 valence electrons. The number of aliphatic imine (C=N–C) groups is 1. The summed E-state index contributed by atoms with van der Waals surface area (Å²) in [6.45, 7) is 1.20. The maximum atomic E-state index is 12.6. The Kier molecular flexibility index (Phi) is 4.97. The zero-order valence-electron chi connectivity index (χ0n) is 13.3. The van der Waals surface area contributed by atoms with E-state index in [9.17, 15) is 13.5 Å². The summed E-state index contributed by atoms with van der Waals surface area (Å²) in [5.41, 5.74) is 1.54. The van der Waals surface area contributed by atoms with E-state index in [0.717, 1.165) is 24.8 Å². The van der Waals surface area contributed by atoms with Gasteiger partial charge in [-0.05, 0) is 66.9 Å². The molecule has 0 aliphatic carbocycles. The summed E-state index contributed by atoms with van der Waals surface area (Å²) in [7, 11) is -3.40. The summed E-state index contributed by atoms with van der Waals surface area (Å²) < 4.78 is 26.7. The van der Waals surface area contributed by atoms with Crippen molar-refractivity contribution in [2.24, 2.45) is 4.99 Å². The minimum atomic E-state index is -3.40. The van der Waals surface area contributed by atoms with Crippen LogP contribution in [0.3, 0.4) is 0 Å². The van der Waals surface area contributed by atoms with E-state index < -0.39 is 10.0 Å². The first-order valence-corrected chi connectivity index (χ1v) is 9.43. The number of piperidine rings is 1. The number of phenolic OH excluding ortho intramolecular Hbond substituents is 1. The fourth-order valence-electron chi connectivity index (χ4n) is 2.67. The number of aromatic hydroxyl groups is 1. The third-order valence-electron chi connectivity index (χ3n) is 4.05. The lowest BCUT2D eigenvalue weighted by Crippen LogP contribution is -2.35. The van der Waals surface area contributed by atoms with E-state index >= 15 is 0 Å². The highest BCUT2D eigenvalue weighted by atomic mass is 32.2. The van der Waals surface area contributed by atoms with E-state index in [0.29, 0.717) is 23.7 Å². The van der Waals surface area contributed by atoms with Crippen molar-refractivity contribution in [1.29, 1.82) is 0 Å². The highest BCUT2D eigenvalue weighted by Gasteiger charge is 2.25. The summed E-state index contributed by atoms with van der Waals surface area (Å²) in [5, 5.41) is 9.25. The molecule has 0 bridgehead atoms. The molecule has 1 heterocycles. The van der Waals surface area contributed by atoms with Crippen molar-refractivity contribution in [3.05, 3.63) is 54.1 Å². The minimum Gasteiger partial charge on any atom is -0.508 e. The van der Waals surface area contributed by atoms with Crippen molar-refractivity contribution < 1.29 is 13.5 Å². The van der Waals surface area contributed by atoms with Crippen molar-refractivity contribution in [1.82, 2.24) is 4.31 Å². The van der Waals surface area contributed by atoms with Gasteiger partial charge in [-0.25, -0.2) is 8.42 Å². The maximum absolute atomic E-state index is 12.6. The first kappa shape index (κ1) is 16.7. The van der Waals surface area contributed by atoms with Crippen molar-refractivity contribution >= 4 is 21.9 Å². The smallest absolute Gasteiger partial charge is 0.243 e. The Labute approximate surface area is 142 Å². The van der Waals surface area contributed by atoms with Gasteiger partial charge in [0.15, 0.2) is 0 Å². The predicted molar refractivity (Wildman–Crippen MR) is 94.4 cm³/mol. The SMILES string of the molecule is O=S(=O)(c1ccc(N=Cc2ccc(O)cc2)cc1)N1CCCCC1. The topological polar surface area (TPSA) is 70.0 Å². The minimum absolute atomic E-state index is 0.208. The lowest BCUT2D eigenvalue weighted by atomic mass is 10.2. The number of sulfonamides is 1. The van der Waals surface area contributed by atoms with Crippen LogP contribution < -0.4 is 0 Å². The normalized spacial score (nSPS) is 16.5. The quantitative estimate of drug-likeness (QED) is 0.865. The average molecular weight is 344 g/mol. The summed E-state index contributed by atoms with van der Waals surface area (Å²) >= 11 is 0. The van der Waals surface area contributed by atoms with Crippen LogP contribution in [0.25, 0.3) is 0 Å². The van der Waals surface area contributed by atoms with Crippen LogP contribution in [0.2, 0.25) is 0 Å². The van der Waals surface area contributed by atoms with Crippen molar-refractivity contribution in [3.63, 3.8) is 0 Å². The Bertz CT molecular complexity index is 806. The number of nitrogens with zero attached hydrogens (tertiary/aromatic N) is 2. The number of phenols is 1. The Morgan fingerprint density at radius 2 is 1.54 bits per heavy atom. The number of rotatable bonds is 4. The third-order valence-corrected chi connectivity index (χ3v) is 5.96. The molecule has 0 saturated carbocycles. The molecule has 3 rings (SSSR count). The molecule has 0 unspecified atom stereocenters. The number of hydrogen-bond donors (Lipinski definition) is 1. The van der Waals surface area contributed by atoms with Gasteiger partial charge in [0.2, 0.25) is 10.0 Å². The summed E-state index contributed by atoms with van der Waals surface area (Å²) in [6.07, 6.45) is 4.62. The van der Waals surface area contributed by atoms with E-state index in [1.807, 2.05) is 0 Å². The lowest BCUT2D eigenvalue weighted by molar-refractivity contribution is 0.346. The zero-order valence-corrected chi connectivity index (χ0v) is 14.1. The molecule has 1 aliphatic heterocycles. The van der Waals surface area contributed by atoms with Crippen molar-refractivity contribution in [3.8, 4) is 5.75 Å². The second-order valence-corrected chi connectivity index (χ2v) is 7.75. The second kappa shape index (κ2) is 7.15. The van der Waals surface area contributed by atoms with Gasteiger partial charge in [-0.15, -0.1) is 0 Å². The molecule has 1 N–H and O–H groups in total. The number of hydrogen-bond acceptors (Lipinski definition) is 4. The van der Waals surface area contributed by atoms with Crippen molar-refractivity contribution in [2.45, 2.75) is 24.2 Å². The van der Waals surface area contributed by atoms with Gasteiger partial charge in [-0.1, -0.05) is 6.42 Å².